The smallest absolute Gasteiger partial charge is 0.307 e. The normalized spacial score (nSPS) is 11.7. The standard InChI is InChI=1S/C62H78N8O20S2/c1-61(2,41-87-53(77)15-13-49(73)83-37-43-9-5-23-63-33-43)57(89-55(79)19-17-51(75)85-39-45-11-7-25-65-35-45)59(81)69-27-21-47(71)67-29-31-91-92-32-30-68-48(72)22-28-70-60(82)58(90-56(80)20-18-52(76)86-40-46-12-8-26-66-36-46)62(3,4)42-88-54(78)16-14-50(74)84-38-44-10-6-24-64-34-44/h5-12,23-26,33-36,57-58H,13-22,27-32,37-42H2,1-4H3,(H,67,71)(H,68,72)(H,69,81)(H,70,82)/t57-,58-/m0/s1. The van der Waals surface area contributed by atoms with Crippen LogP contribution in [0.4, 0.5) is 0 Å². The van der Waals surface area contributed by atoms with Gasteiger partial charge in [0.1, 0.15) is 39.6 Å². The summed E-state index contributed by atoms with van der Waals surface area (Å²) in [6.45, 7) is 5.11. The first kappa shape index (κ1) is 75.4. The molecule has 4 rings (SSSR count). The molecule has 0 spiro atoms. The van der Waals surface area contributed by atoms with Crippen LogP contribution in [0.3, 0.4) is 0 Å². The number of hydrogen-bond acceptors (Lipinski definition) is 26. The first-order valence-corrected chi connectivity index (χ1v) is 31.8. The fourth-order valence-corrected chi connectivity index (χ4v) is 9.40. The van der Waals surface area contributed by atoms with Gasteiger partial charge in [0.05, 0.1) is 51.4 Å². The Morgan fingerprint density at radius 3 is 0.913 bits per heavy atom. The maximum absolute atomic E-state index is 13.6. The van der Waals surface area contributed by atoms with Crippen molar-refractivity contribution in [2.45, 2.75) is 131 Å². The van der Waals surface area contributed by atoms with E-state index in [0.29, 0.717) is 33.8 Å². The molecular formula is C62H78N8O20S2. The highest BCUT2D eigenvalue weighted by Gasteiger charge is 2.41. The number of carbonyl (C=O) groups excluding carboxylic acids is 12. The van der Waals surface area contributed by atoms with Crippen LogP contribution in [-0.4, -0.2) is 154 Å². The summed E-state index contributed by atoms with van der Waals surface area (Å²) in [6, 6.07) is 13.6. The van der Waals surface area contributed by atoms with Crippen molar-refractivity contribution in [2.75, 3.05) is 50.9 Å². The van der Waals surface area contributed by atoms with E-state index in [1.54, 1.807) is 73.3 Å². The maximum Gasteiger partial charge on any atom is 0.307 e. The van der Waals surface area contributed by atoms with Gasteiger partial charge in [-0.05, 0) is 24.3 Å². The molecule has 498 valence electrons. The highest BCUT2D eigenvalue weighted by molar-refractivity contribution is 8.76. The second-order valence-electron chi connectivity index (χ2n) is 21.6. The van der Waals surface area contributed by atoms with E-state index in [9.17, 15) is 57.5 Å². The number of carbonyl (C=O) groups is 12. The van der Waals surface area contributed by atoms with E-state index < -0.39 is 120 Å². The van der Waals surface area contributed by atoms with Crippen LogP contribution >= 0.6 is 21.6 Å². The molecule has 4 N–H and O–H groups in total. The fourth-order valence-electron chi connectivity index (χ4n) is 7.58. The molecule has 4 amide bonds. The van der Waals surface area contributed by atoms with Crippen molar-refractivity contribution in [1.82, 2.24) is 41.2 Å². The van der Waals surface area contributed by atoms with Gasteiger partial charge in [-0.2, -0.15) is 0 Å². The summed E-state index contributed by atoms with van der Waals surface area (Å²) in [6.07, 6.45) is 6.02. The fraction of sp³-hybridized carbons (Fsp3) is 0.484. The average molecular weight is 1320 g/mol. The third kappa shape index (κ3) is 32.6. The number of rotatable bonds is 43. The molecule has 0 bridgehead atoms. The van der Waals surface area contributed by atoms with E-state index in [0.717, 1.165) is 0 Å². The number of hydrogen-bond donors (Lipinski definition) is 4. The molecule has 30 heteroatoms. The van der Waals surface area contributed by atoms with Crippen molar-refractivity contribution in [2.24, 2.45) is 10.8 Å². The highest BCUT2D eigenvalue weighted by atomic mass is 33.1. The largest absolute Gasteiger partial charge is 0.465 e. The van der Waals surface area contributed by atoms with Crippen molar-refractivity contribution in [1.29, 1.82) is 0 Å². The zero-order valence-electron chi connectivity index (χ0n) is 51.7. The van der Waals surface area contributed by atoms with Crippen LogP contribution < -0.4 is 21.3 Å². The predicted octanol–water partition coefficient (Wildman–Crippen LogP) is 4.25. The molecule has 4 heterocycles. The van der Waals surface area contributed by atoms with Gasteiger partial charge < -0.3 is 59.2 Å². The van der Waals surface area contributed by atoms with Gasteiger partial charge in [0.25, 0.3) is 11.8 Å². The summed E-state index contributed by atoms with van der Waals surface area (Å²) in [5, 5.41) is 10.7. The number of pyridine rings is 4. The summed E-state index contributed by atoms with van der Waals surface area (Å²) < 4.78 is 42.7. The summed E-state index contributed by atoms with van der Waals surface area (Å²) in [5.74, 6) is -7.62. The zero-order valence-corrected chi connectivity index (χ0v) is 53.4. The summed E-state index contributed by atoms with van der Waals surface area (Å²) >= 11 is 0. The van der Waals surface area contributed by atoms with E-state index >= 15 is 0 Å². The second-order valence-corrected chi connectivity index (χ2v) is 24.3. The van der Waals surface area contributed by atoms with Gasteiger partial charge in [0.15, 0.2) is 12.2 Å². The first-order valence-electron chi connectivity index (χ1n) is 29.3. The molecule has 0 saturated heterocycles. The molecule has 0 aromatic carbocycles. The highest BCUT2D eigenvalue weighted by Crippen LogP contribution is 2.28. The van der Waals surface area contributed by atoms with Crippen LogP contribution in [0.25, 0.3) is 0 Å². The van der Waals surface area contributed by atoms with Crippen molar-refractivity contribution in [3.05, 3.63) is 120 Å². The SMILES string of the molecule is CC(C)(COC(=O)CCC(=O)OCc1cccnc1)[C@@H](OC(=O)CCC(=O)OCc1cccnc1)C(=O)NCCC(=O)NCCSSCCNC(=O)CCNC(=O)[C@H](OC(=O)CCC(=O)OCc1cccnc1)C(C)(C)COC(=O)CCC(=O)OCc1cccnc1. The van der Waals surface area contributed by atoms with Crippen molar-refractivity contribution < 1.29 is 95.4 Å². The molecule has 0 unspecified atom stereocenters. The molecule has 0 aliphatic rings. The van der Waals surface area contributed by atoms with Crippen molar-refractivity contribution in [3.8, 4) is 0 Å². The van der Waals surface area contributed by atoms with Gasteiger partial charge in [0, 0.05) is 133 Å². The minimum Gasteiger partial charge on any atom is -0.465 e. The lowest BCUT2D eigenvalue weighted by Gasteiger charge is -2.32. The molecular weight excluding hydrogens is 1240 g/mol. The lowest BCUT2D eigenvalue weighted by Crippen LogP contribution is -2.49. The van der Waals surface area contributed by atoms with Crippen LogP contribution in [-0.2, 0) is 122 Å². The molecule has 0 saturated carbocycles. The molecule has 4 aromatic rings. The minimum atomic E-state index is -1.56. The van der Waals surface area contributed by atoms with Gasteiger partial charge in [-0.25, -0.2) is 0 Å². The van der Waals surface area contributed by atoms with Crippen molar-refractivity contribution >= 4 is 93.0 Å². The number of esters is 8. The van der Waals surface area contributed by atoms with Gasteiger partial charge in [-0.15, -0.1) is 0 Å². The quantitative estimate of drug-likeness (QED) is 0.0208. The Kier molecular flexibility index (Phi) is 34.5. The molecule has 0 radical (unpaired) electrons. The van der Waals surface area contributed by atoms with E-state index in [-0.39, 0.29) is 104 Å². The molecule has 0 fully saturated rings. The predicted molar refractivity (Wildman–Crippen MR) is 328 cm³/mol. The topological polar surface area (TPSA) is 378 Å². The minimum absolute atomic E-state index is 0.0379. The Bertz CT molecular complexity index is 2820. The Balaban J connectivity index is 1.16. The summed E-state index contributed by atoms with van der Waals surface area (Å²) in [5.41, 5.74) is -0.131. The van der Waals surface area contributed by atoms with Gasteiger partial charge >= 0.3 is 47.8 Å². The summed E-state index contributed by atoms with van der Waals surface area (Å²) in [4.78, 5) is 169. The Hall–Kier alpha value is -9.06. The lowest BCUT2D eigenvalue weighted by molar-refractivity contribution is -0.170. The Morgan fingerprint density at radius 1 is 0.370 bits per heavy atom. The number of nitrogens with zero attached hydrogens (tertiary/aromatic N) is 4. The molecule has 0 aliphatic heterocycles. The second kappa shape index (κ2) is 42.1. The number of nitrogens with one attached hydrogen (secondary N) is 4. The molecule has 28 nitrogen and oxygen atoms in total. The molecule has 2 atom stereocenters. The van der Waals surface area contributed by atoms with E-state index in [2.05, 4.69) is 41.2 Å². The third-order valence-electron chi connectivity index (χ3n) is 12.6. The van der Waals surface area contributed by atoms with Gasteiger partial charge in [0.2, 0.25) is 11.8 Å². The van der Waals surface area contributed by atoms with E-state index in [1.165, 1.54) is 74.1 Å². The number of ether oxygens (including phenoxy) is 8. The van der Waals surface area contributed by atoms with Gasteiger partial charge in [-0.3, -0.25) is 77.5 Å². The molecule has 0 aliphatic carbocycles. The van der Waals surface area contributed by atoms with Crippen LogP contribution in [0.1, 0.15) is 114 Å². The van der Waals surface area contributed by atoms with Crippen molar-refractivity contribution in [3.63, 3.8) is 0 Å². The number of aromatic nitrogens is 4. The lowest BCUT2D eigenvalue weighted by atomic mass is 9.86. The first-order chi connectivity index (χ1) is 44.1. The van der Waals surface area contributed by atoms with Crippen LogP contribution in [0.2, 0.25) is 0 Å². The monoisotopic (exact) mass is 1320 g/mol. The summed E-state index contributed by atoms with van der Waals surface area (Å²) in [7, 11) is 2.83. The molecule has 92 heavy (non-hydrogen) atoms. The van der Waals surface area contributed by atoms with Crippen LogP contribution in [0.5, 0.6) is 0 Å². The third-order valence-corrected chi connectivity index (χ3v) is 15.0. The Labute approximate surface area is 540 Å². The van der Waals surface area contributed by atoms with E-state index in [1.807, 2.05) is 0 Å². The molecule has 4 aromatic heterocycles. The van der Waals surface area contributed by atoms with Crippen LogP contribution in [0, 0.1) is 10.8 Å². The number of amides is 4. The van der Waals surface area contributed by atoms with E-state index in [4.69, 9.17) is 37.9 Å². The van der Waals surface area contributed by atoms with Gasteiger partial charge in [-0.1, -0.05) is 73.5 Å². The van der Waals surface area contributed by atoms with Crippen LogP contribution in [0.15, 0.2) is 98.1 Å². The maximum atomic E-state index is 13.6. The average Bonchev–Trinajstić information content (AvgIpc) is 1.14. The zero-order chi connectivity index (χ0) is 67.0. The Morgan fingerprint density at radius 2 is 0.641 bits per heavy atom.